The van der Waals surface area contributed by atoms with Crippen LogP contribution >= 0.6 is 0 Å². The highest BCUT2D eigenvalue weighted by Crippen LogP contribution is 2.35. The molecule has 2 aliphatic heterocycles. The van der Waals surface area contributed by atoms with Crippen molar-refractivity contribution < 1.29 is 19.1 Å². The molecule has 0 aliphatic carbocycles. The SMILES string of the molecule is O=C1C[C@@H](C(=O)Nc2ccc3c(c2)OCO3)n2nc(-c3cccnc3)nc2N1. The van der Waals surface area contributed by atoms with Crippen LogP contribution in [0.5, 0.6) is 11.5 Å². The van der Waals surface area contributed by atoms with Gasteiger partial charge in [-0.15, -0.1) is 5.10 Å². The Morgan fingerprint density at radius 1 is 1.25 bits per heavy atom. The van der Waals surface area contributed by atoms with E-state index in [4.69, 9.17) is 9.47 Å². The number of carbonyl (C=O) groups is 2. The molecule has 2 amide bonds. The zero-order valence-corrected chi connectivity index (χ0v) is 14.5. The first-order valence-electron chi connectivity index (χ1n) is 8.55. The Morgan fingerprint density at radius 2 is 2.14 bits per heavy atom. The summed E-state index contributed by atoms with van der Waals surface area (Å²) in [5.41, 5.74) is 1.22. The molecule has 0 spiro atoms. The number of aromatic nitrogens is 4. The van der Waals surface area contributed by atoms with Crippen LogP contribution in [0, 0.1) is 0 Å². The highest BCUT2D eigenvalue weighted by atomic mass is 16.7. The van der Waals surface area contributed by atoms with Crippen molar-refractivity contribution in [2.45, 2.75) is 12.5 Å². The largest absolute Gasteiger partial charge is 0.454 e. The lowest BCUT2D eigenvalue weighted by molar-refractivity contribution is -0.125. The van der Waals surface area contributed by atoms with Gasteiger partial charge in [-0.3, -0.25) is 19.9 Å². The number of carbonyl (C=O) groups excluding carboxylic acids is 2. The van der Waals surface area contributed by atoms with Crippen LogP contribution in [0.15, 0.2) is 42.7 Å². The summed E-state index contributed by atoms with van der Waals surface area (Å²) in [4.78, 5) is 33.3. The Kier molecular flexibility index (Phi) is 3.68. The smallest absolute Gasteiger partial charge is 0.249 e. The second kappa shape index (κ2) is 6.34. The number of amides is 2. The van der Waals surface area contributed by atoms with Gasteiger partial charge in [0.2, 0.25) is 24.6 Å². The average Bonchev–Trinajstić information content (AvgIpc) is 3.34. The highest BCUT2D eigenvalue weighted by molar-refractivity contribution is 6.01. The van der Waals surface area contributed by atoms with Crippen LogP contribution in [0.4, 0.5) is 11.6 Å². The zero-order chi connectivity index (χ0) is 19.1. The van der Waals surface area contributed by atoms with E-state index in [1.54, 1.807) is 42.7 Å². The molecule has 0 unspecified atom stereocenters. The minimum Gasteiger partial charge on any atom is -0.454 e. The summed E-state index contributed by atoms with van der Waals surface area (Å²) in [6.07, 6.45) is 3.22. The molecule has 0 radical (unpaired) electrons. The first-order valence-corrected chi connectivity index (χ1v) is 8.55. The van der Waals surface area contributed by atoms with Crippen LogP contribution in [0.3, 0.4) is 0 Å². The molecule has 2 aromatic heterocycles. The first kappa shape index (κ1) is 16.2. The van der Waals surface area contributed by atoms with Gasteiger partial charge < -0.3 is 14.8 Å². The van der Waals surface area contributed by atoms with Crippen LogP contribution in [0.25, 0.3) is 11.4 Å². The van der Waals surface area contributed by atoms with Gasteiger partial charge in [-0.1, -0.05) is 0 Å². The van der Waals surface area contributed by atoms with Gasteiger partial charge in [0, 0.05) is 29.7 Å². The summed E-state index contributed by atoms with van der Waals surface area (Å²) in [5, 5.41) is 9.85. The summed E-state index contributed by atoms with van der Waals surface area (Å²) in [6.45, 7) is 0.148. The molecular weight excluding hydrogens is 364 g/mol. The monoisotopic (exact) mass is 378 g/mol. The Bertz CT molecular complexity index is 1080. The van der Waals surface area contributed by atoms with Gasteiger partial charge in [0.05, 0.1) is 6.42 Å². The minimum absolute atomic E-state index is 0.0424. The van der Waals surface area contributed by atoms with E-state index >= 15 is 0 Å². The summed E-state index contributed by atoms with van der Waals surface area (Å²) >= 11 is 0. The number of hydrogen-bond donors (Lipinski definition) is 2. The van der Waals surface area contributed by atoms with Crippen molar-refractivity contribution in [3.8, 4) is 22.9 Å². The predicted molar refractivity (Wildman–Crippen MR) is 96.7 cm³/mol. The average molecular weight is 378 g/mol. The van der Waals surface area contributed by atoms with E-state index in [1.807, 2.05) is 0 Å². The van der Waals surface area contributed by atoms with Gasteiger partial charge in [0.1, 0.15) is 6.04 Å². The number of nitrogens with one attached hydrogen (secondary N) is 2. The fraction of sp³-hybridized carbons (Fsp3) is 0.167. The number of ether oxygens (including phenoxy) is 2. The molecule has 140 valence electrons. The van der Waals surface area contributed by atoms with Crippen molar-refractivity contribution >= 4 is 23.5 Å². The molecule has 5 rings (SSSR count). The molecule has 0 fully saturated rings. The second-order valence-electron chi connectivity index (χ2n) is 6.27. The fourth-order valence-corrected chi connectivity index (χ4v) is 3.08. The maximum atomic E-state index is 12.9. The number of pyridine rings is 1. The molecule has 4 heterocycles. The van der Waals surface area contributed by atoms with E-state index in [0.717, 1.165) is 0 Å². The van der Waals surface area contributed by atoms with Crippen LogP contribution < -0.4 is 20.1 Å². The molecule has 0 saturated heterocycles. The van der Waals surface area contributed by atoms with Crippen LogP contribution in [0.2, 0.25) is 0 Å². The number of hydrogen-bond acceptors (Lipinski definition) is 7. The van der Waals surface area contributed by atoms with Crippen molar-refractivity contribution in [3.63, 3.8) is 0 Å². The van der Waals surface area contributed by atoms with E-state index in [9.17, 15) is 9.59 Å². The topological polar surface area (TPSA) is 120 Å². The van der Waals surface area contributed by atoms with Gasteiger partial charge in [0.25, 0.3) is 0 Å². The Labute approximate surface area is 158 Å². The van der Waals surface area contributed by atoms with Crippen molar-refractivity contribution in [2.24, 2.45) is 0 Å². The van der Waals surface area contributed by atoms with Crippen LogP contribution in [0.1, 0.15) is 12.5 Å². The van der Waals surface area contributed by atoms with Gasteiger partial charge >= 0.3 is 0 Å². The number of anilines is 2. The molecule has 1 aromatic carbocycles. The third-order valence-electron chi connectivity index (χ3n) is 4.42. The highest BCUT2D eigenvalue weighted by Gasteiger charge is 2.33. The summed E-state index contributed by atoms with van der Waals surface area (Å²) in [6, 6.07) is 7.83. The molecule has 1 atom stereocenters. The quantitative estimate of drug-likeness (QED) is 0.710. The third kappa shape index (κ3) is 2.80. The van der Waals surface area contributed by atoms with Gasteiger partial charge in [-0.05, 0) is 24.3 Å². The normalized spacial score (nSPS) is 17.0. The Balaban J connectivity index is 1.43. The molecule has 3 aromatic rings. The summed E-state index contributed by atoms with van der Waals surface area (Å²) < 4.78 is 12.0. The predicted octanol–water partition coefficient (Wildman–Crippen LogP) is 1.59. The number of benzene rings is 1. The van der Waals surface area contributed by atoms with Crippen molar-refractivity contribution in [1.29, 1.82) is 0 Å². The van der Waals surface area contributed by atoms with Crippen molar-refractivity contribution in [3.05, 3.63) is 42.7 Å². The molecular formula is C18H14N6O4. The molecule has 10 nitrogen and oxygen atoms in total. The molecule has 28 heavy (non-hydrogen) atoms. The molecule has 10 heteroatoms. The fourth-order valence-electron chi connectivity index (χ4n) is 3.08. The third-order valence-corrected chi connectivity index (χ3v) is 4.42. The lowest BCUT2D eigenvalue weighted by atomic mass is 10.1. The zero-order valence-electron chi connectivity index (χ0n) is 14.5. The van der Waals surface area contributed by atoms with E-state index in [0.29, 0.717) is 28.6 Å². The maximum absolute atomic E-state index is 12.9. The number of fused-ring (bicyclic) bond motifs is 2. The molecule has 0 saturated carbocycles. The molecule has 2 N–H and O–H groups in total. The Hall–Kier alpha value is -3.95. The van der Waals surface area contributed by atoms with Crippen LogP contribution in [-0.4, -0.2) is 38.4 Å². The van der Waals surface area contributed by atoms with Gasteiger partial charge in [0.15, 0.2) is 17.3 Å². The summed E-state index contributed by atoms with van der Waals surface area (Å²) in [7, 11) is 0. The molecule has 0 bridgehead atoms. The van der Waals surface area contributed by atoms with E-state index in [-0.39, 0.29) is 31.0 Å². The number of rotatable bonds is 3. The van der Waals surface area contributed by atoms with Crippen LogP contribution in [-0.2, 0) is 9.59 Å². The number of nitrogens with zero attached hydrogens (tertiary/aromatic N) is 4. The van der Waals surface area contributed by atoms with Gasteiger partial charge in [-0.2, -0.15) is 4.98 Å². The van der Waals surface area contributed by atoms with Crippen molar-refractivity contribution in [1.82, 2.24) is 19.7 Å². The lowest BCUT2D eigenvalue weighted by Crippen LogP contribution is -2.36. The lowest BCUT2D eigenvalue weighted by Gasteiger charge is -2.22. The van der Waals surface area contributed by atoms with E-state index in [1.165, 1.54) is 4.68 Å². The van der Waals surface area contributed by atoms with E-state index in [2.05, 4.69) is 25.7 Å². The maximum Gasteiger partial charge on any atom is 0.249 e. The second-order valence-corrected chi connectivity index (χ2v) is 6.27. The molecule has 2 aliphatic rings. The summed E-state index contributed by atoms with van der Waals surface area (Å²) in [5.74, 6) is 1.10. The standard InChI is InChI=1S/C18H14N6O4/c25-15-7-12(17(26)20-11-3-4-13-14(6-11)28-9-27-13)24-18(21-15)22-16(23-24)10-2-1-5-19-8-10/h1-6,8,12H,7,9H2,(H,20,26)(H,21,22,23,25)/t12-/m0/s1. The van der Waals surface area contributed by atoms with E-state index < -0.39 is 6.04 Å². The van der Waals surface area contributed by atoms with Gasteiger partial charge in [-0.25, -0.2) is 4.68 Å². The first-order chi connectivity index (χ1) is 13.7. The Morgan fingerprint density at radius 3 is 3.00 bits per heavy atom. The minimum atomic E-state index is -0.827. The van der Waals surface area contributed by atoms with Crippen molar-refractivity contribution in [2.75, 3.05) is 17.4 Å².